The van der Waals surface area contributed by atoms with Crippen LogP contribution in [0.3, 0.4) is 0 Å². The molecular formula is C20H18IN7O3. The quantitative estimate of drug-likeness (QED) is 0.216. The van der Waals surface area contributed by atoms with E-state index in [0.717, 1.165) is 12.1 Å². The highest BCUT2D eigenvalue weighted by atomic mass is 127. The fourth-order valence-corrected chi connectivity index (χ4v) is 4.03. The molecule has 3 aromatic rings. The largest absolute Gasteiger partial charge is 0.278 e. The summed E-state index contributed by atoms with van der Waals surface area (Å²) in [5.74, 6) is 0.0360. The Balaban J connectivity index is 1.82. The van der Waals surface area contributed by atoms with E-state index in [2.05, 4.69) is 48.2 Å². The molecular weight excluding hydrogens is 513 g/mol. The monoisotopic (exact) mass is 531 g/mol. The van der Waals surface area contributed by atoms with Gasteiger partial charge in [0.2, 0.25) is 0 Å². The number of benzene rings is 1. The number of carbonyl (C=O) groups excluding carboxylic acids is 1. The molecule has 158 valence electrons. The van der Waals surface area contributed by atoms with E-state index in [0.29, 0.717) is 22.6 Å². The molecule has 0 aliphatic carbocycles. The number of rotatable bonds is 6. The molecule has 0 radical (unpaired) electrons. The third-order valence-electron chi connectivity index (χ3n) is 4.87. The Kier molecular flexibility index (Phi) is 5.93. The number of alkyl halides is 1. The first kappa shape index (κ1) is 20.9. The van der Waals surface area contributed by atoms with Crippen molar-refractivity contribution in [3.63, 3.8) is 0 Å². The summed E-state index contributed by atoms with van der Waals surface area (Å²) in [5.41, 5.74) is 5.16. The van der Waals surface area contributed by atoms with E-state index in [9.17, 15) is 14.9 Å². The van der Waals surface area contributed by atoms with Gasteiger partial charge >= 0.3 is 0 Å². The molecule has 1 aliphatic rings. The number of H-pyrrole nitrogens is 1. The number of non-ortho nitro benzene ring substituents is 1. The number of nitrogens with one attached hydrogen (secondary N) is 2. The van der Waals surface area contributed by atoms with Gasteiger partial charge in [0.15, 0.2) is 5.84 Å². The van der Waals surface area contributed by atoms with Gasteiger partial charge in [-0.3, -0.25) is 35.4 Å². The number of halogens is 1. The maximum absolute atomic E-state index is 13.0. The maximum atomic E-state index is 13.0. The van der Waals surface area contributed by atoms with Gasteiger partial charge in [0, 0.05) is 34.0 Å². The zero-order valence-corrected chi connectivity index (χ0v) is 18.6. The Labute approximate surface area is 191 Å². The van der Waals surface area contributed by atoms with Crippen LogP contribution in [0.2, 0.25) is 0 Å². The molecule has 2 N–H and O–H groups in total. The number of nitro groups is 1. The third kappa shape index (κ3) is 4.13. The first-order chi connectivity index (χ1) is 15.0. The number of carbonyl (C=O) groups is 1. The number of aromatic nitrogens is 3. The highest BCUT2D eigenvalue weighted by Gasteiger charge is 2.37. The summed E-state index contributed by atoms with van der Waals surface area (Å²) < 4.78 is 0.0789. The molecule has 1 aliphatic heterocycles. The Morgan fingerprint density at radius 3 is 2.90 bits per heavy atom. The molecule has 1 aromatic carbocycles. The van der Waals surface area contributed by atoms with E-state index in [1.54, 1.807) is 41.7 Å². The van der Waals surface area contributed by atoms with Crippen molar-refractivity contribution in [3.05, 3.63) is 81.9 Å². The van der Waals surface area contributed by atoms with Gasteiger partial charge < -0.3 is 0 Å². The van der Waals surface area contributed by atoms with Gasteiger partial charge in [-0.2, -0.15) is 5.10 Å². The number of nitro benzene ring substituents is 1. The number of amides is 1. The molecule has 31 heavy (non-hydrogen) atoms. The summed E-state index contributed by atoms with van der Waals surface area (Å²) in [6.07, 6.45) is 5.48. The number of nitrogens with zero attached hydrogens (tertiary/aromatic N) is 5. The summed E-state index contributed by atoms with van der Waals surface area (Å²) >= 11 is 2.33. The van der Waals surface area contributed by atoms with Crippen LogP contribution in [-0.4, -0.2) is 40.8 Å². The number of pyridine rings is 1. The maximum Gasteiger partial charge on any atom is 0.271 e. The van der Waals surface area contributed by atoms with Crippen molar-refractivity contribution in [1.82, 2.24) is 25.6 Å². The second-order valence-electron chi connectivity index (χ2n) is 6.83. The number of aliphatic imine (C=N–C) groups is 1. The molecule has 0 spiro atoms. The van der Waals surface area contributed by atoms with Gasteiger partial charge in [0.1, 0.15) is 11.7 Å². The third-order valence-corrected chi connectivity index (χ3v) is 6.43. The molecule has 11 heteroatoms. The highest BCUT2D eigenvalue weighted by Crippen LogP contribution is 2.39. The molecule has 10 nitrogen and oxygen atoms in total. The normalized spacial score (nSPS) is 16.3. The second-order valence-corrected chi connectivity index (χ2v) is 8.43. The minimum atomic E-state index is -0.459. The van der Waals surface area contributed by atoms with Crippen molar-refractivity contribution in [2.75, 3.05) is 0 Å². The van der Waals surface area contributed by atoms with Crippen LogP contribution in [0, 0.1) is 10.1 Å². The molecule has 2 unspecified atom stereocenters. The lowest BCUT2D eigenvalue weighted by Crippen LogP contribution is -2.52. The van der Waals surface area contributed by atoms with E-state index in [-0.39, 0.29) is 21.6 Å². The summed E-state index contributed by atoms with van der Waals surface area (Å²) in [7, 11) is 0. The highest BCUT2D eigenvalue weighted by molar-refractivity contribution is 14.1. The van der Waals surface area contributed by atoms with Gasteiger partial charge in [0.05, 0.1) is 22.4 Å². The van der Waals surface area contributed by atoms with Crippen molar-refractivity contribution in [3.8, 4) is 0 Å². The Morgan fingerprint density at radius 1 is 1.35 bits per heavy atom. The minimum absolute atomic E-state index is 0.0604. The summed E-state index contributed by atoms with van der Waals surface area (Å²) in [5, 5.41) is 20.1. The Hall–Kier alpha value is -3.35. The van der Waals surface area contributed by atoms with Gasteiger partial charge in [0.25, 0.3) is 11.6 Å². The zero-order valence-electron chi connectivity index (χ0n) is 16.4. The number of hydrogen-bond donors (Lipinski definition) is 2. The summed E-state index contributed by atoms with van der Waals surface area (Å²) in [4.78, 5) is 32.5. The second kappa shape index (κ2) is 8.79. The van der Waals surface area contributed by atoms with Crippen LogP contribution in [0.1, 0.15) is 41.0 Å². The molecule has 0 bridgehead atoms. The summed E-state index contributed by atoms with van der Waals surface area (Å²) in [6.45, 7) is 2.05. The topological polar surface area (TPSA) is 129 Å². The van der Waals surface area contributed by atoms with Crippen LogP contribution in [-0.2, 0) is 0 Å². The SMILES string of the molecule is CCC(I)C1c2[nH]ncc2N=C(c2cccc([N+](=O)[O-])c2)N1NC(=O)c1cccnc1. The summed E-state index contributed by atoms with van der Waals surface area (Å²) in [6, 6.07) is 9.21. The zero-order chi connectivity index (χ0) is 22.0. The van der Waals surface area contributed by atoms with Crippen LogP contribution in [0.4, 0.5) is 11.4 Å². The average molecular weight is 531 g/mol. The number of hydrazine groups is 1. The van der Waals surface area contributed by atoms with Crippen LogP contribution in [0.5, 0.6) is 0 Å². The first-order valence-corrected chi connectivity index (χ1v) is 10.7. The molecule has 1 amide bonds. The van der Waals surface area contributed by atoms with Crippen LogP contribution in [0.15, 0.2) is 60.0 Å². The van der Waals surface area contributed by atoms with E-state index in [1.165, 1.54) is 18.3 Å². The van der Waals surface area contributed by atoms with Crippen molar-refractivity contribution in [2.45, 2.75) is 23.3 Å². The fraction of sp³-hybridized carbons (Fsp3) is 0.200. The molecule has 0 fully saturated rings. The number of fused-ring (bicyclic) bond motifs is 1. The Bertz CT molecular complexity index is 1150. The van der Waals surface area contributed by atoms with Gasteiger partial charge in [-0.15, -0.1) is 0 Å². The van der Waals surface area contributed by atoms with Crippen LogP contribution in [0.25, 0.3) is 0 Å². The standard InChI is InChI=1S/C20H18IN7O3/c1-2-15(21)18-17-16(11-23-25-17)24-19(12-5-3-7-14(9-12)28(30)31)27(18)26-20(29)13-6-4-8-22-10-13/h3-11,15,18H,2H2,1H3,(H,23,25)(H,26,29). The number of amidine groups is 1. The van der Waals surface area contributed by atoms with Crippen molar-refractivity contribution < 1.29 is 9.72 Å². The van der Waals surface area contributed by atoms with Gasteiger partial charge in [-0.25, -0.2) is 4.99 Å². The predicted octanol–water partition coefficient (Wildman–Crippen LogP) is 3.71. The van der Waals surface area contributed by atoms with E-state index < -0.39 is 4.92 Å². The molecule has 2 atom stereocenters. The van der Waals surface area contributed by atoms with E-state index >= 15 is 0 Å². The predicted molar refractivity (Wildman–Crippen MR) is 122 cm³/mol. The van der Waals surface area contributed by atoms with E-state index in [1.807, 2.05) is 6.92 Å². The van der Waals surface area contributed by atoms with Crippen molar-refractivity contribution in [1.29, 1.82) is 0 Å². The number of aromatic amines is 1. The van der Waals surface area contributed by atoms with Gasteiger partial charge in [-0.1, -0.05) is 41.6 Å². The number of hydrogen-bond acceptors (Lipinski definition) is 7. The molecule has 0 saturated carbocycles. The molecule has 2 aromatic heterocycles. The average Bonchev–Trinajstić information content (AvgIpc) is 3.27. The van der Waals surface area contributed by atoms with E-state index in [4.69, 9.17) is 0 Å². The lowest BCUT2D eigenvalue weighted by Gasteiger charge is -2.38. The molecule has 3 heterocycles. The Morgan fingerprint density at radius 2 is 2.19 bits per heavy atom. The van der Waals surface area contributed by atoms with Crippen LogP contribution < -0.4 is 5.43 Å². The van der Waals surface area contributed by atoms with Crippen LogP contribution >= 0.6 is 22.6 Å². The lowest BCUT2D eigenvalue weighted by atomic mass is 10.0. The minimum Gasteiger partial charge on any atom is -0.278 e. The van der Waals surface area contributed by atoms with Crippen molar-refractivity contribution in [2.24, 2.45) is 4.99 Å². The first-order valence-electron chi connectivity index (χ1n) is 9.50. The van der Waals surface area contributed by atoms with Crippen molar-refractivity contribution >= 4 is 45.7 Å². The lowest BCUT2D eigenvalue weighted by molar-refractivity contribution is -0.384. The fourth-order valence-electron chi connectivity index (χ4n) is 3.35. The van der Waals surface area contributed by atoms with Gasteiger partial charge in [-0.05, 0) is 18.6 Å². The molecule has 4 rings (SSSR count). The molecule has 0 saturated heterocycles. The smallest absolute Gasteiger partial charge is 0.271 e.